The van der Waals surface area contributed by atoms with Crippen molar-refractivity contribution in [2.75, 3.05) is 0 Å². The molecule has 2 nitrogen and oxygen atoms in total. The third-order valence-corrected chi connectivity index (χ3v) is 3.10. The second-order valence-electron chi connectivity index (χ2n) is 4.26. The summed E-state index contributed by atoms with van der Waals surface area (Å²) in [6, 6.07) is 6.18. The van der Waals surface area contributed by atoms with Crippen LogP contribution in [0.4, 0.5) is 4.39 Å². The number of hydrogen-bond donors (Lipinski definition) is 1. The second-order valence-corrected chi connectivity index (χ2v) is 4.26. The van der Waals surface area contributed by atoms with Crippen LogP contribution < -0.4 is 0 Å². The lowest BCUT2D eigenvalue weighted by Crippen LogP contribution is -2.16. The van der Waals surface area contributed by atoms with E-state index in [-0.39, 0.29) is 11.7 Å². The van der Waals surface area contributed by atoms with Gasteiger partial charge in [0.15, 0.2) is 0 Å². The maximum atomic E-state index is 13.1. The van der Waals surface area contributed by atoms with E-state index in [9.17, 15) is 9.18 Å². The molecule has 1 saturated carbocycles. The standard InChI is InChI=1S/C13H13FO2/c1-8-5-11(12(6-8)13(15)16)9-3-2-4-10(14)7-9/h2-4,7,11-12H,1,5-6H2,(H,15,16)/t11-,12+/m0/s1. The van der Waals surface area contributed by atoms with E-state index in [1.54, 1.807) is 12.1 Å². The largest absolute Gasteiger partial charge is 0.481 e. The molecule has 1 aromatic carbocycles. The number of halogens is 1. The minimum absolute atomic E-state index is 0.138. The van der Waals surface area contributed by atoms with Crippen LogP contribution in [0.5, 0.6) is 0 Å². The summed E-state index contributed by atoms with van der Waals surface area (Å²) in [7, 11) is 0. The molecule has 0 bridgehead atoms. The Morgan fingerprint density at radius 2 is 2.19 bits per heavy atom. The van der Waals surface area contributed by atoms with Crippen LogP contribution in [0.2, 0.25) is 0 Å². The van der Waals surface area contributed by atoms with Crippen LogP contribution in [0.3, 0.4) is 0 Å². The zero-order valence-electron chi connectivity index (χ0n) is 8.82. The van der Waals surface area contributed by atoms with E-state index in [0.29, 0.717) is 12.8 Å². The molecule has 2 rings (SSSR count). The van der Waals surface area contributed by atoms with Crippen LogP contribution >= 0.6 is 0 Å². The molecule has 0 saturated heterocycles. The van der Waals surface area contributed by atoms with Crippen molar-refractivity contribution in [3.63, 3.8) is 0 Å². The van der Waals surface area contributed by atoms with Gasteiger partial charge in [-0.25, -0.2) is 4.39 Å². The van der Waals surface area contributed by atoms with Crippen molar-refractivity contribution >= 4 is 5.97 Å². The number of allylic oxidation sites excluding steroid dienone is 1. The Hall–Kier alpha value is -1.64. The quantitative estimate of drug-likeness (QED) is 0.778. The fourth-order valence-corrected chi connectivity index (χ4v) is 2.34. The first-order valence-corrected chi connectivity index (χ1v) is 5.23. The molecule has 1 fully saturated rings. The minimum atomic E-state index is -0.826. The number of hydrogen-bond acceptors (Lipinski definition) is 1. The maximum Gasteiger partial charge on any atom is 0.307 e. The van der Waals surface area contributed by atoms with Gasteiger partial charge in [-0.3, -0.25) is 4.79 Å². The summed E-state index contributed by atoms with van der Waals surface area (Å²) in [6.45, 7) is 3.83. The first-order chi connectivity index (χ1) is 7.58. The topological polar surface area (TPSA) is 37.3 Å². The highest BCUT2D eigenvalue weighted by molar-refractivity contribution is 5.72. The molecule has 16 heavy (non-hydrogen) atoms. The summed E-state index contributed by atoms with van der Waals surface area (Å²) in [5, 5.41) is 9.10. The van der Waals surface area contributed by atoms with E-state index in [1.165, 1.54) is 12.1 Å². The summed E-state index contributed by atoms with van der Waals surface area (Å²) in [5.41, 5.74) is 1.69. The van der Waals surface area contributed by atoms with Gasteiger partial charge in [-0.05, 0) is 30.5 Å². The van der Waals surface area contributed by atoms with Crippen molar-refractivity contribution in [1.29, 1.82) is 0 Å². The first-order valence-electron chi connectivity index (χ1n) is 5.23. The van der Waals surface area contributed by atoms with Gasteiger partial charge in [0.25, 0.3) is 0 Å². The molecule has 3 heteroatoms. The third-order valence-electron chi connectivity index (χ3n) is 3.10. The van der Waals surface area contributed by atoms with Crippen molar-refractivity contribution < 1.29 is 14.3 Å². The molecule has 0 aliphatic heterocycles. The first kappa shape index (κ1) is 10.9. The zero-order chi connectivity index (χ0) is 11.7. The van der Waals surface area contributed by atoms with Crippen molar-refractivity contribution in [3.8, 4) is 0 Å². The smallest absolute Gasteiger partial charge is 0.307 e. The fraction of sp³-hybridized carbons (Fsp3) is 0.308. The number of carboxylic acids is 1. The monoisotopic (exact) mass is 220 g/mol. The predicted molar refractivity (Wildman–Crippen MR) is 58.6 cm³/mol. The van der Waals surface area contributed by atoms with Crippen LogP contribution in [-0.2, 0) is 4.79 Å². The van der Waals surface area contributed by atoms with E-state index in [1.807, 2.05) is 0 Å². The Labute approximate surface area is 93.4 Å². The Balaban J connectivity index is 2.32. The van der Waals surface area contributed by atoms with E-state index in [4.69, 9.17) is 5.11 Å². The lowest BCUT2D eigenvalue weighted by molar-refractivity contribution is -0.141. The molecule has 0 spiro atoms. The fourth-order valence-electron chi connectivity index (χ4n) is 2.34. The summed E-state index contributed by atoms with van der Waals surface area (Å²) in [6.07, 6.45) is 1.14. The van der Waals surface area contributed by atoms with Crippen LogP contribution in [-0.4, -0.2) is 11.1 Å². The van der Waals surface area contributed by atoms with Crippen LogP contribution in [0, 0.1) is 11.7 Å². The molecular weight excluding hydrogens is 207 g/mol. The van der Waals surface area contributed by atoms with Gasteiger partial charge in [0.2, 0.25) is 0 Å². The number of aliphatic carboxylic acids is 1. The van der Waals surface area contributed by atoms with Crippen LogP contribution in [0.25, 0.3) is 0 Å². The average Bonchev–Trinajstić information content (AvgIpc) is 2.60. The van der Waals surface area contributed by atoms with Gasteiger partial charge in [0.1, 0.15) is 5.82 Å². The predicted octanol–water partition coefficient (Wildman–Crippen LogP) is 2.96. The number of rotatable bonds is 2. The molecule has 1 N–H and O–H groups in total. The van der Waals surface area contributed by atoms with Crippen molar-refractivity contribution in [3.05, 3.63) is 47.8 Å². The number of carboxylic acid groups (broad SMARTS) is 1. The molecule has 0 unspecified atom stereocenters. The van der Waals surface area contributed by atoms with E-state index in [0.717, 1.165) is 11.1 Å². The molecule has 1 aliphatic rings. The molecule has 2 atom stereocenters. The van der Waals surface area contributed by atoms with Gasteiger partial charge < -0.3 is 5.11 Å². The highest BCUT2D eigenvalue weighted by Gasteiger charge is 2.35. The highest BCUT2D eigenvalue weighted by atomic mass is 19.1. The van der Waals surface area contributed by atoms with Crippen LogP contribution in [0.15, 0.2) is 36.4 Å². The summed E-state index contributed by atoms with van der Waals surface area (Å²) >= 11 is 0. The Kier molecular flexibility index (Phi) is 2.77. The van der Waals surface area contributed by atoms with Gasteiger partial charge in [-0.1, -0.05) is 24.3 Å². The number of carbonyl (C=O) groups is 1. The van der Waals surface area contributed by atoms with E-state index >= 15 is 0 Å². The summed E-state index contributed by atoms with van der Waals surface area (Å²) < 4.78 is 13.1. The van der Waals surface area contributed by atoms with Gasteiger partial charge in [0, 0.05) is 5.92 Å². The van der Waals surface area contributed by atoms with Crippen molar-refractivity contribution in [1.82, 2.24) is 0 Å². The Bertz CT molecular complexity index is 439. The SMILES string of the molecule is C=C1C[C@@H](C(=O)O)[C@H](c2cccc(F)c2)C1. The number of benzene rings is 1. The van der Waals surface area contributed by atoms with Gasteiger partial charge in [-0.15, -0.1) is 0 Å². The molecule has 84 valence electrons. The van der Waals surface area contributed by atoms with Crippen molar-refractivity contribution in [2.24, 2.45) is 5.92 Å². The summed E-state index contributed by atoms with van der Waals surface area (Å²) in [5.74, 6) is -1.75. The maximum absolute atomic E-state index is 13.1. The highest BCUT2D eigenvalue weighted by Crippen LogP contribution is 2.42. The van der Waals surface area contributed by atoms with E-state index in [2.05, 4.69) is 6.58 Å². The molecule has 1 aromatic rings. The Morgan fingerprint density at radius 1 is 1.44 bits per heavy atom. The van der Waals surface area contributed by atoms with Gasteiger partial charge >= 0.3 is 5.97 Å². The molecule has 0 aromatic heterocycles. The van der Waals surface area contributed by atoms with E-state index < -0.39 is 11.9 Å². The molecular formula is C13H13FO2. The van der Waals surface area contributed by atoms with Crippen molar-refractivity contribution in [2.45, 2.75) is 18.8 Å². The van der Waals surface area contributed by atoms with Crippen LogP contribution in [0.1, 0.15) is 24.3 Å². The average molecular weight is 220 g/mol. The minimum Gasteiger partial charge on any atom is -0.481 e. The van der Waals surface area contributed by atoms with Gasteiger partial charge in [0.05, 0.1) is 5.92 Å². The third kappa shape index (κ3) is 1.98. The summed E-state index contributed by atoms with van der Waals surface area (Å²) in [4.78, 5) is 11.1. The lowest BCUT2D eigenvalue weighted by atomic mass is 9.89. The van der Waals surface area contributed by atoms with Gasteiger partial charge in [-0.2, -0.15) is 0 Å². The lowest BCUT2D eigenvalue weighted by Gasteiger charge is -2.15. The molecule has 0 amide bonds. The zero-order valence-corrected chi connectivity index (χ0v) is 8.82. The molecule has 1 aliphatic carbocycles. The Morgan fingerprint density at radius 3 is 2.81 bits per heavy atom. The molecule has 0 heterocycles. The second kappa shape index (κ2) is 4.08. The molecule has 0 radical (unpaired) electrons. The normalized spacial score (nSPS) is 24.7.